The molecule has 1 unspecified atom stereocenters. The van der Waals surface area contributed by atoms with Gasteiger partial charge in [0.2, 0.25) is 5.91 Å². The van der Waals surface area contributed by atoms with Crippen LogP contribution in [-0.4, -0.2) is 36.8 Å². The topological polar surface area (TPSA) is 61.4 Å². The Morgan fingerprint density at radius 1 is 1.55 bits per heavy atom. The normalized spacial score (nSPS) is 34.6. The molecule has 0 aromatic rings. The molecule has 1 amide bonds. The number of aliphatic hydroxyl groups is 1. The largest absolute Gasteiger partial charge is 0.391 e. The van der Waals surface area contributed by atoms with Gasteiger partial charge in [0, 0.05) is 19.6 Å². The third kappa shape index (κ3) is 0.937. The monoisotopic (exact) mass is 156 g/mol. The minimum absolute atomic E-state index is 0.0987. The van der Waals surface area contributed by atoms with E-state index in [-0.39, 0.29) is 17.4 Å². The van der Waals surface area contributed by atoms with Gasteiger partial charge in [-0.05, 0) is 6.42 Å². The lowest BCUT2D eigenvalue weighted by molar-refractivity contribution is -0.140. The van der Waals surface area contributed by atoms with E-state index >= 15 is 0 Å². The number of carbonyl (C=O) groups is 1. The van der Waals surface area contributed by atoms with Gasteiger partial charge < -0.3 is 15.7 Å². The van der Waals surface area contributed by atoms with Gasteiger partial charge in [-0.2, -0.15) is 0 Å². The van der Waals surface area contributed by atoms with Crippen molar-refractivity contribution in [2.24, 2.45) is 5.41 Å². The van der Waals surface area contributed by atoms with Crippen LogP contribution in [0.15, 0.2) is 0 Å². The maximum atomic E-state index is 11.3. The van der Waals surface area contributed by atoms with Gasteiger partial charge in [-0.3, -0.25) is 4.79 Å². The number of rotatable bonds is 0. The molecule has 0 radical (unpaired) electrons. The van der Waals surface area contributed by atoms with Gasteiger partial charge in [0.1, 0.15) is 0 Å². The molecule has 1 spiro atoms. The first-order chi connectivity index (χ1) is 5.23. The molecule has 4 heteroatoms. The molecule has 2 heterocycles. The SMILES string of the molecule is O=C1NCC(O)CC12CNC2. The maximum absolute atomic E-state index is 11.3. The molecule has 1 atom stereocenters. The van der Waals surface area contributed by atoms with Crippen LogP contribution >= 0.6 is 0 Å². The van der Waals surface area contributed by atoms with E-state index in [1.807, 2.05) is 0 Å². The van der Waals surface area contributed by atoms with Gasteiger partial charge >= 0.3 is 0 Å². The predicted molar refractivity (Wildman–Crippen MR) is 38.9 cm³/mol. The Hall–Kier alpha value is -0.610. The number of amides is 1. The Morgan fingerprint density at radius 2 is 2.27 bits per heavy atom. The number of carbonyl (C=O) groups excluding carboxylic acids is 1. The fourth-order valence-corrected chi connectivity index (χ4v) is 1.75. The summed E-state index contributed by atoms with van der Waals surface area (Å²) in [7, 11) is 0. The van der Waals surface area contributed by atoms with E-state index in [0.717, 1.165) is 13.1 Å². The Kier molecular flexibility index (Phi) is 1.40. The van der Waals surface area contributed by atoms with E-state index in [0.29, 0.717) is 13.0 Å². The van der Waals surface area contributed by atoms with Crippen molar-refractivity contribution in [3.63, 3.8) is 0 Å². The molecule has 4 nitrogen and oxygen atoms in total. The molecule has 62 valence electrons. The van der Waals surface area contributed by atoms with Crippen LogP contribution in [0.1, 0.15) is 6.42 Å². The van der Waals surface area contributed by atoms with Crippen LogP contribution in [0.5, 0.6) is 0 Å². The fourth-order valence-electron chi connectivity index (χ4n) is 1.75. The third-order valence-electron chi connectivity index (χ3n) is 2.53. The van der Waals surface area contributed by atoms with Crippen LogP contribution in [0.3, 0.4) is 0 Å². The van der Waals surface area contributed by atoms with Crippen LogP contribution in [0.4, 0.5) is 0 Å². The second-order valence-electron chi connectivity index (χ2n) is 3.45. The molecule has 0 aliphatic carbocycles. The maximum Gasteiger partial charge on any atom is 0.228 e. The van der Waals surface area contributed by atoms with Crippen molar-refractivity contribution in [3.8, 4) is 0 Å². The van der Waals surface area contributed by atoms with Crippen LogP contribution in [0.2, 0.25) is 0 Å². The van der Waals surface area contributed by atoms with Gasteiger partial charge in [0.05, 0.1) is 11.5 Å². The van der Waals surface area contributed by atoms with Crippen LogP contribution in [-0.2, 0) is 4.79 Å². The minimum Gasteiger partial charge on any atom is -0.391 e. The van der Waals surface area contributed by atoms with Crippen molar-refractivity contribution in [2.75, 3.05) is 19.6 Å². The van der Waals surface area contributed by atoms with E-state index in [4.69, 9.17) is 0 Å². The third-order valence-corrected chi connectivity index (χ3v) is 2.53. The number of hydrogen-bond donors (Lipinski definition) is 3. The molecule has 2 saturated heterocycles. The first-order valence-corrected chi connectivity index (χ1v) is 3.90. The second-order valence-corrected chi connectivity index (χ2v) is 3.45. The van der Waals surface area contributed by atoms with Crippen LogP contribution in [0, 0.1) is 5.41 Å². The highest BCUT2D eigenvalue weighted by molar-refractivity contribution is 5.85. The van der Waals surface area contributed by atoms with Gasteiger partial charge in [-0.25, -0.2) is 0 Å². The number of piperidine rings is 1. The van der Waals surface area contributed by atoms with E-state index in [1.165, 1.54) is 0 Å². The quantitative estimate of drug-likeness (QED) is 0.398. The van der Waals surface area contributed by atoms with Crippen molar-refractivity contribution in [2.45, 2.75) is 12.5 Å². The van der Waals surface area contributed by atoms with Crippen LogP contribution in [0.25, 0.3) is 0 Å². The second kappa shape index (κ2) is 2.19. The first-order valence-electron chi connectivity index (χ1n) is 3.90. The van der Waals surface area contributed by atoms with E-state index < -0.39 is 0 Å². The van der Waals surface area contributed by atoms with Gasteiger partial charge in [-0.15, -0.1) is 0 Å². The Morgan fingerprint density at radius 3 is 2.73 bits per heavy atom. The highest BCUT2D eigenvalue weighted by atomic mass is 16.3. The number of hydrogen-bond acceptors (Lipinski definition) is 3. The average molecular weight is 156 g/mol. The summed E-state index contributed by atoms with van der Waals surface area (Å²) in [6.45, 7) is 1.85. The van der Waals surface area contributed by atoms with Crippen molar-refractivity contribution < 1.29 is 9.90 Å². The molecule has 2 fully saturated rings. The van der Waals surface area contributed by atoms with E-state index in [1.54, 1.807) is 0 Å². The lowest BCUT2D eigenvalue weighted by atomic mass is 9.74. The molecule has 0 bridgehead atoms. The van der Waals surface area contributed by atoms with E-state index in [9.17, 15) is 9.90 Å². The summed E-state index contributed by atoms with van der Waals surface area (Å²) in [5.41, 5.74) is -0.280. The lowest BCUT2D eigenvalue weighted by Crippen LogP contribution is -2.66. The Bertz CT molecular complexity index is 189. The molecular formula is C7H12N2O2. The standard InChI is InChI=1S/C7H12N2O2/c10-5-1-7(3-8-4-7)6(11)9-2-5/h5,8,10H,1-4H2,(H,9,11). The molecular weight excluding hydrogens is 144 g/mol. The van der Waals surface area contributed by atoms with Crippen LogP contribution < -0.4 is 10.6 Å². The number of aliphatic hydroxyl groups excluding tert-OH is 1. The molecule has 2 aliphatic heterocycles. The van der Waals surface area contributed by atoms with Gasteiger partial charge in [0.25, 0.3) is 0 Å². The van der Waals surface area contributed by atoms with Crippen molar-refractivity contribution in [1.29, 1.82) is 0 Å². The van der Waals surface area contributed by atoms with Gasteiger partial charge in [0.15, 0.2) is 0 Å². The predicted octanol–water partition coefficient (Wildman–Crippen LogP) is -1.54. The molecule has 0 aromatic carbocycles. The zero-order valence-corrected chi connectivity index (χ0v) is 6.26. The lowest BCUT2D eigenvalue weighted by Gasteiger charge is -2.45. The molecule has 2 rings (SSSR count). The summed E-state index contributed by atoms with van der Waals surface area (Å²) in [6, 6.07) is 0. The summed E-state index contributed by atoms with van der Waals surface area (Å²) in [6.07, 6.45) is 0.265. The summed E-state index contributed by atoms with van der Waals surface area (Å²) in [5, 5.41) is 15.0. The number of nitrogens with one attached hydrogen (secondary N) is 2. The summed E-state index contributed by atoms with van der Waals surface area (Å²) < 4.78 is 0. The summed E-state index contributed by atoms with van der Waals surface area (Å²) in [4.78, 5) is 11.3. The highest BCUT2D eigenvalue weighted by Gasteiger charge is 2.47. The Balaban J connectivity index is 2.10. The smallest absolute Gasteiger partial charge is 0.228 e. The molecule has 2 aliphatic rings. The molecule has 0 saturated carbocycles. The minimum atomic E-state index is -0.352. The highest BCUT2D eigenvalue weighted by Crippen LogP contribution is 2.31. The first kappa shape index (κ1) is 7.06. The molecule has 3 N–H and O–H groups in total. The fraction of sp³-hybridized carbons (Fsp3) is 0.857. The van der Waals surface area contributed by atoms with Gasteiger partial charge in [-0.1, -0.05) is 0 Å². The molecule has 0 aromatic heterocycles. The summed E-state index contributed by atoms with van der Waals surface area (Å²) >= 11 is 0. The zero-order chi connectivity index (χ0) is 7.90. The Labute approximate surface area is 65.0 Å². The zero-order valence-electron chi connectivity index (χ0n) is 6.26. The van der Waals surface area contributed by atoms with Crippen molar-refractivity contribution in [3.05, 3.63) is 0 Å². The average Bonchev–Trinajstić information content (AvgIpc) is 1.91. The van der Waals surface area contributed by atoms with Crippen molar-refractivity contribution in [1.82, 2.24) is 10.6 Å². The molecule has 11 heavy (non-hydrogen) atoms. The van der Waals surface area contributed by atoms with E-state index in [2.05, 4.69) is 10.6 Å². The summed E-state index contributed by atoms with van der Waals surface area (Å²) in [5.74, 6) is 0.0987. The van der Waals surface area contributed by atoms with Crippen molar-refractivity contribution >= 4 is 5.91 Å². The number of β-amino-alcohol motifs (C(OH)–C–C–N with tert-alkyl or cyclic N) is 1.